The van der Waals surface area contributed by atoms with Crippen molar-refractivity contribution in [2.24, 2.45) is 0 Å². The monoisotopic (exact) mass is 358 g/mol. The Bertz CT molecular complexity index is 258. The maximum absolute atomic E-state index is 5.35. The molecule has 1 rings (SSSR count). The van der Waals surface area contributed by atoms with Crippen molar-refractivity contribution < 1.29 is 4.74 Å². The van der Waals surface area contributed by atoms with Crippen molar-refractivity contribution in [1.82, 2.24) is 0 Å². The molecule has 0 saturated carbocycles. The fraction of sp³-hybridized carbons (Fsp3) is 0.400. The first kappa shape index (κ1) is 10.1. The van der Waals surface area contributed by atoms with Gasteiger partial charge in [-0.3, -0.25) is 0 Å². The summed E-state index contributed by atoms with van der Waals surface area (Å²) in [5.41, 5.74) is 2.66. The van der Waals surface area contributed by atoms with Crippen LogP contribution in [0.4, 0.5) is 0 Å². The number of hydrogen-bond acceptors (Lipinski definition) is 1. The van der Waals surface area contributed by atoms with Crippen molar-refractivity contribution in [2.75, 3.05) is 6.61 Å². The van der Waals surface area contributed by atoms with Crippen LogP contribution in [0.2, 0.25) is 0 Å². The Morgan fingerprint density at radius 3 is 2.75 bits per heavy atom. The Morgan fingerprint density at radius 1 is 1.42 bits per heavy atom. The van der Waals surface area contributed by atoms with Crippen molar-refractivity contribution in [3.05, 3.63) is 29.3 Å². The Balaban J connectivity index is 2.72. The summed E-state index contributed by atoms with van der Waals surface area (Å²) in [6.45, 7) is 5.71. The molecule has 0 spiro atoms. The van der Waals surface area contributed by atoms with E-state index in [2.05, 4.69) is 25.1 Å². The number of ether oxygens (including phenoxy) is 1. The van der Waals surface area contributed by atoms with Crippen molar-refractivity contribution in [3.63, 3.8) is 0 Å². The molecule has 0 bridgehead atoms. The third-order valence-corrected chi connectivity index (χ3v) is 2.87. The molecule has 64 valence electrons. The summed E-state index contributed by atoms with van der Waals surface area (Å²) >= 11 is 1.33. The molecule has 0 aliphatic heterocycles. The number of benzene rings is 1. The van der Waals surface area contributed by atoms with Gasteiger partial charge in [0.25, 0.3) is 0 Å². The van der Waals surface area contributed by atoms with Crippen molar-refractivity contribution in [3.8, 4) is 0 Å². The predicted octanol–water partition coefficient (Wildman–Crippen LogP) is 1.33. The maximum atomic E-state index is 5.35. The molecule has 0 atom stereocenters. The van der Waals surface area contributed by atoms with E-state index in [1.807, 2.05) is 6.92 Å². The van der Waals surface area contributed by atoms with E-state index >= 15 is 0 Å². The molecule has 1 aromatic rings. The van der Waals surface area contributed by atoms with E-state index in [0.717, 1.165) is 13.2 Å². The number of rotatable bonds is 3. The molecule has 0 N–H and O–H groups in total. The predicted molar refractivity (Wildman–Crippen MR) is 51.9 cm³/mol. The van der Waals surface area contributed by atoms with Crippen LogP contribution >= 0.6 is 0 Å². The number of hydrogen-bond donors (Lipinski definition) is 0. The van der Waals surface area contributed by atoms with Crippen molar-refractivity contribution >= 4 is 28.0 Å². The molecule has 2 radical (unpaired) electrons. The average molecular weight is 358 g/mol. The summed E-state index contributed by atoms with van der Waals surface area (Å²) in [6, 6.07) is 6.58. The van der Waals surface area contributed by atoms with E-state index in [1.54, 1.807) is 0 Å². The van der Waals surface area contributed by atoms with Crippen LogP contribution in [-0.4, -0.2) is 31.3 Å². The third-order valence-electron chi connectivity index (χ3n) is 1.79. The standard InChI is InChI=1S/C10H13O.Bi/c1-3-11-8-10-7-5-4-6-9(10)2;/h5-7H,3,8H2,1-2H3;. The molecule has 0 aromatic heterocycles. The molecule has 0 aliphatic carbocycles. The minimum absolute atomic E-state index is 0.751. The van der Waals surface area contributed by atoms with Crippen molar-refractivity contribution in [1.29, 1.82) is 0 Å². The molecule has 0 unspecified atom stereocenters. The van der Waals surface area contributed by atoms with Gasteiger partial charge in [-0.05, 0) is 0 Å². The Morgan fingerprint density at radius 2 is 2.17 bits per heavy atom. The van der Waals surface area contributed by atoms with E-state index in [4.69, 9.17) is 4.74 Å². The summed E-state index contributed by atoms with van der Waals surface area (Å²) in [6.07, 6.45) is 0. The molecule has 0 saturated heterocycles. The van der Waals surface area contributed by atoms with Gasteiger partial charge >= 0.3 is 89.1 Å². The van der Waals surface area contributed by atoms with Gasteiger partial charge in [0.05, 0.1) is 0 Å². The first-order valence-electron chi connectivity index (χ1n) is 4.10. The van der Waals surface area contributed by atoms with Gasteiger partial charge in [0.2, 0.25) is 0 Å². The third kappa shape index (κ3) is 2.84. The molecule has 0 heterocycles. The van der Waals surface area contributed by atoms with E-state index in [0.29, 0.717) is 0 Å². The summed E-state index contributed by atoms with van der Waals surface area (Å²) in [5, 5.41) is 0. The van der Waals surface area contributed by atoms with Gasteiger partial charge in [-0.25, -0.2) is 0 Å². The molecule has 0 amide bonds. The zero-order valence-electron chi connectivity index (χ0n) is 7.50. The molecule has 1 aromatic carbocycles. The molecule has 0 aliphatic rings. The second-order valence-corrected chi connectivity index (χ2v) is 4.76. The summed E-state index contributed by atoms with van der Waals surface area (Å²) in [4.78, 5) is 0. The molecule has 12 heavy (non-hydrogen) atoms. The summed E-state index contributed by atoms with van der Waals surface area (Å²) in [5.74, 6) is 0. The fourth-order valence-electron chi connectivity index (χ4n) is 1.05. The van der Waals surface area contributed by atoms with Crippen LogP contribution < -0.4 is 3.27 Å². The van der Waals surface area contributed by atoms with Gasteiger partial charge < -0.3 is 0 Å². The fourth-order valence-corrected chi connectivity index (χ4v) is 2.10. The first-order chi connectivity index (χ1) is 5.74. The van der Waals surface area contributed by atoms with Crippen LogP contribution in [0.3, 0.4) is 0 Å². The summed E-state index contributed by atoms with van der Waals surface area (Å²) < 4.78 is 6.77. The molecule has 0 fully saturated rings. The van der Waals surface area contributed by atoms with Crippen LogP contribution in [0, 0.1) is 6.92 Å². The van der Waals surface area contributed by atoms with E-state index in [9.17, 15) is 0 Å². The average Bonchev–Trinajstić information content (AvgIpc) is 2.03. The van der Waals surface area contributed by atoms with Crippen LogP contribution in [0.1, 0.15) is 18.1 Å². The zero-order valence-corrected chi connectivity index (χ0v) is 11.0. The van der Waals surface area contributed by atoms with Crippen LogP contribution in [0.25, 0.3) is 0 Å². The van der Waals surface area contributed by atoms with Crippen LogP contribution in [0.15, 0.2) is 18.2 Å². The quantitative estimate of drug-likeness (QED) is 0.741. The SMILES string of the molecule is CCOCc1cc[c]([Bi])cc1C. The van der Waals surface area contributed by atoms with Crippen LogP contribution in [-0.2, 0) is 11.3 Å². The topological polar surface area (TPSA) is 9.23 Å². The minimum atomic E-state index is 0.751. The molecule has 2 heteroatoms. The van der Waals surface area contributed by atoms with Gasteiger partial charge in [-0.2, -0.15) is 0 Å². The van der Waals surface area contributed by atoms with Crippen molar-refractivity contribution in [2.45, 2.75) is 20.5 Å². The van der Waals surface area contributed by atoms with Gasteiger partial charge in [-0.1, -0.05) is 0 Å². The summed E-state index contributed by atoms with van der Waals surface area (Å²) in [7, 11) is 0. The van der Waals surface area contributed by atoms with Gasteiger partial charge in [-0.15, -0.1) is 0 Å². The second-order valence-electron chi connectivity index (χ2n) is 2.75. The van der Waals surface area contributed by atoms with E-state index in [1.165, 1.54) is 39.1 Å². The van der Waals surface area contributed by atoms with Gasteiger partial charge in [0.15, 0.2) is 0 Å². The van der Waals surface area contributed by atoms with E-state index < -0.39 is 0 Å². The van der Waals surface area contributed by atoms with Crippen LogP contribution in [0.5, 0.6) is 0 Å². The van der Waals surface area contributed by atoms with Gasteiger partial charge in [0, 0.05) is 0 Å². The molecular formula is C10H13BiO. The second kappa shape index (κ2) is 4.94. The molecule has 1 nitrogen and oxygen atoms in total. The Labute approximate surface area is 89.0 Å². The number of aryl methyl sites for hydroxylation is 1. The van der Waals surface area contributed by atoms with Gasteiger partial charge in [0.1, 0.15) is 0 Å². The van der Waals surface area contributed by atoms with E-state index in [-0.39, 0.29) is 0 Å². The normalized spacial score (nSPS) is 10.2. The Hall–Kier alpha value is 0.0631. The molecular weight excluding hydrogens is 345 g/mol. The first-order valence-corrected chi connectivity index (χ1v) is 5.84. The Kier molecular flexibility index (Phi) is 4.17. The zero-order chi connectivity index (χ0) is 8.97.